The van der Waals surface area contributed by atoms with Crippen molar-refractivity contribution in [3.8, 4) is 5.69 Å². The lowest BCUT2D eigenvalue weighted by Crippen LogP contribution is -2.18. The van der Waals surface area contributed by atoms with E-state index in [2.05, 4.69) is 10.3 Å². The van der Waals surface area contributed by atoms with Gasteiger partial charge in [-0.3, -0.25) is 0 Å². The quantitative estimate of drug-likeness (QED) is 0.270. The van der Waals surface area contributed by atoms with Gasteiger partial charge in [0.15, 0.2) is 5.84 Å². The second kappa shape index (κ2) is 5.31. The van der Waals surface area contributed by atoms with Crippen molar-refractivity contribution in [1.82, 2.24) is 9.78 Å². The van der Waals surface area contributed by atoms with Gasteiger partial charge in [0.25, 0.3) is 0 Å². The third-order valence-corrected chi connectivity index (χ3v) is 3.06. The van der Waals surface area contributed by atoms with Crippen LogP contribution < -0.4 is 5.73 Å². The number of hydrogen-bond acceptors (Lipinski definition) is 3. The zero-order chi connectivity index (χ0) is 14.9. The van der Waals surface area contributed by atoms with Crippen molar-refractivity contribution in [3.63, 3.8) is 0 Å². The molecule has 2 aromatic rings. The van der Waals surface area contributed by atoms with Crippen molar-refractivity contribution in [2.24, 2.45) is 10.9 Å². The van der Waals surface area contributed by atoms with Gasteiger partial charge in [0.05, 0.1) is 21.0 Å². The van der Waals surface area contributed by atoms with Crippen LogP contribution in [0, 0.1) is 3.57 Å². The largest absolute Gasteiger partial charge is 0.416 e. The van der Waals surface area contributed by atoms with Crippen molar-refractivity contribution in [1.29, 1.82) is 0 Å². The highest BCUT2D eigenvalue weighted by Crippen LogP contribution is 2.31. The van der Waals surface area contributed by atoms with E-state index < -0.39 is 17.6 Å². The first-order valence-corrected chi connectivity index (χ1v) is 6.30. The van der Waals surface area contributed by atoms with Crippen LogP contribution in [0.3, 0.4) is 0 Å². The molecule has 0 saturated carbocycles. The van der Waals surface area contributed by atoms with Gasteiger partial charge in [0.2, 0.25) is 0 Å². The van der Waals surface area contributed by atoms with Crippen LogP contribution in [0.4, 0.5) is 13.2 Å². The number of rotatable bonds is 2. The lowest BCUT2D eigenvalue weighted by atomic mass is 10.1. The molecule has 106 valence electrons. The maximum absolute atomic E-state index is 12.7. The summed E-state index contributed by atoms with van der Waals surface area (Å²) in [7, 11) is 0. The first-order chi connectivity index (χ1) is 9.32. The normalized spacial score (nSPS) is 12.7. The SMILES string of the molecule is NC(=NO)c1cc(C(F)(F)F)ccc1-n1cc(I)cn1. The van der Waals surface area contributed by atoms with E-state index in [9.17, 15) is 13.2 Å². The summed E-state index contributed by atoms with van der Waals surface area (Å²) >= 11 is 2.01. The molecule has 9 heteroatoms. The molecule has 2 rings (SSSR count). The van der Waals surface area contributed by atoms with E-state index in [4.69, 9.17) is 10.9 Å². The lowest BCUT2D eigenvalue weighted by molar-refractivity contribution is -0.137. The average Bonchev–Trinajstić information content (AvgIpc) is 2.82. The zero-order valence-electron chi connectivity index (χ0n) is 9.76. The van der Waals surface area contributed by atoms with Crippen molar-refractivity contribution in [2.75, 3.05) is 0 Å². The highest BCUT2D eigenvalue weighted by atomic mass is 127. The van der Waals surface area contributed by atoms with Crippen LogP contribution >= 0.6 is 22.6 Å². The standard InChI is InChI=1S/C11H8F3IN4O/c12-11(13,14)6-1-2-9(8(3-6)10(16)18-20)19-5-7(15)4-17-19/h1-5,20H,(H2,16,18). The van der Waals surface area contributed by atoms with Crippen LogP contribution in [0.1, 0.15) is 11.1 Å². The minimum Gasteiger partial charge on any atom is -0.409 e. The highest BCUT2D eigenvalue weighted by molar-refractivity contribution is 14.1. The van der Waals surface area contributed by atoms with E-state index >= 15 is 0 Å². The minimum absolute atomic E-state index is 0.0539. The van der Waals surface area contributed by atoms with E-state index in [1.54, 1.807) is 6.20 Å². The molecule has 0 unspecified atom stereocenters. The van der Waals surface area contributed by atoms with Gasteiger partial charge < -0.3 is 10.9 Å². The number of amidine groups is 1. The number of nitrogens with two attached hydrogens (primary N) is 1. The fourth-order valence-corrected chi connectivity index (χ4v) is 1.99. The maximum Gasteiger partial charge on any atom is 0.416 e. The molecular weight excluding hydrogens is 388 g/mol. The van der Waals surface area contributed by atoms with E-state index in [1.165, 1.54) is 16.9 Å². The summed E-state index contributed by atoms with van der Waals surface area (Å²) in [5.41, 5.74) is 4.79. The van der Waals surface area contributed by atoms with Crippen LogP contribution in [-0.2, 0) is 6.18 Å². The zero-order valence-corrected chi connectivity index (χ0v) is 11.9. The fourth-order valence-electron chi connectivity index (χ4n) is 1.60. The Morgan fingerprint density at radius 3 is 2.60 bits per heavy atom. The summed E-state index contributed by atoms with van der Waals surface area (Å²) in [6, 6.07) is 2.95. The number of alkyl halides is 3. The number of nitrogens with zero attached hydrogens (tertiary/aromatic N) is 3. The number of hydrogen-bond donors (Lipinski definition) is 2. The molecule has 0 aliphatic carbocycles. The summed E-state index contributed by atoms with van der Waals surface area (Å²) in [6.45, 7) is 0. The molecule has 0 amide bonds. The van der Waals surface area contributed by atoms with Gasteiger partial charge in [-0.25, -0.2) is 4.68 Å². The Kier molecular flexibility index (Phi) is 3.88. The van der Waals surface area contributed by atoms with E-state index in [0.29, 0.717) is 0 Å². The van der Waals surface area contributed by atoms with Gasteiger partial charge in [0, 0.05) is 11.8 Å². The molecule has 1 aromatic heterocycles. The molecule has 0 saturated heterocycles. The van der Waals surface area contributed by atoms with E-state index in [0.717, 1.165) is 15.7 Å². The summed E-state index contributed by atoms with van der Waals surface area (Å²) in [5.74, 6) is -0.420. The number of benzene rings is 1. The Labute approximate surface area is 125 Å². The summed E-state index contributed by atoms with van der Waals surface area (Å²) < 4.78 is 40.3. The van der Waals surface area contributed by atoms with E-state index in [1.807, 2.05) is 22.6 Å². The van der Waals surface area contributed by atoms with Crippen molar-refractivity contribution >= 4 is 28.4 Å². The summed E-state index contributed by atoms with van der Waals surface area (Å²) in [5, 5.41) is 15.5. The topological polar surface area (TPSA) is 76.4 Å². The Morgan fingerprint density at radius 2 is 2.10 bits per heavy atom. The molecule has 0 atom stereocenters. The fraction of sp³-hybridized carbons (Fsp3) is 0.0909. The minimum atomic E-state index is -4.51. The number of oxime groups is 1. The second-order valence-electron chi connectivity index (χ2n) is 3.82. The van der Waals surface area contributed by atoms with Gasteiger partial charge >= 0.3 is 6.18 Å². The predicted molar refractivity (Wildman–Crippen MR) is 73.8 cm³/mol. The Balaban J connectivity index is 2.63. The molecule has 0 bridgehead atoms. The Bertz CT molecular complexity index is 666. The Morgan fingerprint density at radius 1 is 1.40 bits per heavy atom. The van der Waals surface area contributed by atoms with Crippen molar-refractivity contribution < 1.29 is 18.4 Å². The molecule has 0 aliphatic heterocycles. The first-order valence-electron chi connectivity index (χ1n) is 5.22. The van der Waals surface area contributed by atoms with E-state index in [-0.39, 0.29) is 11.3 Å². The molecule has 5 nitrogen and oxygen atoms in total. The molecule has 0 aliphatic rings. The predicted octanol–water partition coefficient (Wildman–Crippen LogP) is 2.59. The van der Waals surface area contributed by atoms with Crippen LogP contribution in [0.25, 0.3) is 5.69 Å². The number of aromatic nitrogens is 2. The van der Waals surface area contributed by atoms with Gasteiger partial charge in [-0.05, 0) is 40.8 Å². The molecule has 0 spiro atoms. The van der Waals surface area contributed by atoms with Gasteiger partial charge in [-0.15, -0.1) is 0 Å². The molecular formula is C11H8F3IN4O. The summed E-state index contributed by atoms with van der Waals surface area (Å²) in [4.78, 5) is 0. The second-order valence-corrected chi connectivity index (χ2v) is 5.06. The number of halogens is 4. The first kappa shape index (κ1) is 14.6. The third-order valence-electron chi connectivity index (χ3n) is 2.51. The van der Waals surface area contributed by atoms with Crippen LogP contribution in [-0.4, -0.2) is 20.8 Å². The van der Waals surface area contributed by atoms with Crippen LogP contribution in [0.15, 0.2) is 35.7 Å². The molecule has 0 fully saturated rings. The average molecular weight is 396 g/mol. The van der Waals surface area contributed by atoms with Crippen LogP contribution in [0.2, 0.25) is 0 Å². The molecule has 0 radical (unpaired) electrons. The third kappa shape index (κ3) is 2.86. The van der Waals surface area contributed by atoms with Crippen LogP contribution in [0.5, 0.6) is 0 Å². The summed E-state index contributed by atoms with van der Waals surface area (Å²) in [6.07, 6.45) is -1.37. The highest BCUT2D eigenvalue weighted by Gasteiger charge is 2.31. The lowest BCUT2D eigenvalue weighted by Gasteiger charge is -2.12. The van der Waals surface area contributed by atoms with Gasteiger partial charge in [-0.2, -0.15) is 18.3 Å². The molecule has 1 aromatic carbocycles. The molecule has 20 heavy (non-hydrogen) atoms. The van der Waals surface area contributed by atoms with Crippen molar-refractivity contribution in [3.05, 3.63) is 45.3 Å². The smallest absolute Gasteiger partial charge is 0.409 e. The Hall–Kier alpha value is -1.78. The van der Waals surface area contributed by atoms with Gasteiger partial charge in [-0.1, -0.05) is 5.16 Å². The monoisotopic (exact) mass is 396 g/mol. The molecule has 3 N–H and O–H groups in total. The maximum atomic E-state index is 12.7. The van der Waals surface area contributed by atoms with Gasteiger partial charge in [0.1, 0.15) is 0 Å². The molecule has 1 heterocycles. The van der Waals surface area contributed by atoms with Crippen molar-refractivity contribution in [2.45, 2.75) is 6.18 Å².